The highest BCUT2D eigenvalue weighted by atomic mass is 14.7. The Morgan fingerprint density at radius 1 is 1.22 bits per heavy atom. The van der Waals surface area contributed by atoms with Crippen LogP contribution in [-0.4, -0.2) is 12.1 Å². The third-order valence-electron chi connectivity index (χ3n) is 2.30. The Bertz CT molecular complexity index is 92.9. The lowest BCUT2D eigenvalue weighted by Gasteiger charge is -2.29. The molecule has 3 atom stereocenters. The summed E-state index contributed by atoms with van der Waals surface area (Å²) in [4.78, 5) is 0. The topological polar surface area (TPSA) is 52.0 Å². The van der Waals surface area contributed by atoms with Gasteiger partial charge in [-0.05, 0) is 25.2 Å². The van der Waals surface area contributed by atoms with Gasteiger partial charge in [0.05, 0.1) is 0 Å². The van der Waals surface area contributed by atoms with Gasteiger partial charge in [-0.3, -0.25) is 0 Å². The summed E-state index contributed by atoms with van der Waals surface area (Å²) < 4.78 is 0. The van der Waals surface area contributed by atoms with E-state index in [9.17, 15) is 0 Å². The summed E-state index contributed by atoms with van der Waals surface area (Å²) in [6, 6.07) is 0.727. The van der Waals surface area contributed by atoms with E-state index in [0.29, 0.717) is 18.0 Å². The molecule has 0 saturated heterocycles. The Hall–Kier alpha value is -0.0800. The summed E-state index contributed by atoms with van der Waals surface area (Å²) in [5, 5.41) is 0. The highest BCUT2D eigenvalue weighted by Gasteiger charge is 2.21. The van der Waals surface area contributed by atoms with E-state index in [1.54, 1.807) is 0 Å². The molecule has 0 bridgehead atoms. The minimum absolute atomic E-state index is 0.355. The van der Waals surface area contributed by atoms with Crippen molar-refractivity contribution in [3.63, 3.8) is 0 Å². The van der Waals surface area contributed by atoms with Gasteiger partial charge in [0.25, 0.3) is 0 Å². The van der Waals surface area contributed by atoms with Crippen LogP contribution in [-0.2, 0) is 0 Å². The molecule has 0 aromatic heterocycles. The summed E-state index contributed by atoms with van der Waals surface area (Å²) in [5.74, 6) is 0.685. The van der Waals surface area contributed by atoms with Gasteiger partial charge in [-0.2, -0.15) is 0 Å². The van der Waals surface area contributed by atoms with Gasteiger partial charge in [0.1, 0.15) is 0 Å². The molecule has 1 aliphatic carbocycles. The van der Waals surface area contributed by atoms with Gasteiger partial charge >= 0.3 is 0 Å². The standard InChI is InChI=1S/C7H16N2/c1-5-2-3-6(8)4-7(5)9/h5-7H,2-4,8-9H2,1H3/t5-,6-,7+/m0/s1. The van der Waals surface area contributed by atoms with Crippen LogP contribution in [0, 0.1) is 5.92 Å². The Morgan fingerprint density at radius 2 is 1.89 bits per heavy atom. The quantitative estimate of drug-likeness (QED) is 0.498. The average Bonchev–Trinajstić information content (AvgIpc) is 1.80. The first kappa shape index (κ1) is 7.03. The van der Waals surface area contributed by atoms with E-state index in [2.05, 4.69) is 6.92 Å². The van der Waals surface area contributed by atoms with Crippen LogP contribution in [0.3, 0.4) is 0 Å². The van der Waals surface area contributed by atoms with Crippen molar-refractivity contribution in [3.8, 4) is 0 Å². The second-order valence-corrected chi connectivity index (χ2v) is 3.21. The molecule has 0 aromatic rings. The van der Waals surface area contributed by atoms with E-state index in [-0.39, 0.29) is 0 Å². The normalized spacial score (nSPS) is 45.0. The molecule has 2 heteroatoms. The molecule has 0 aromatic carbocycles. The Balaban J connectivity index is 2.35. The zero-order valence-corrected chi connectivity index (χ0v) is 6.01. The van der Waals surface area contributed by atoms with Gasteiger partial charge in [0.15, 0.2) is 0 Å². The Labute approximate surface area is 56.6 Å². The summed E-state index contributed by atoms with van der Waals surface area (Å²) in [6.45, 7) is 2.20. The van der Waals surface area contributed by atoms with E-state index >= 15 is 0 Å². The molecule has 0 unspecified atom stereocenters. The minimum Gasteiger partial charge on any atom is -0.328 e. The summed E-state index contributed by atoms with van der Waals surface area (Å²) in [6.07, 6.45) is 3.39. The first-order chi connectivity index (χ1) is 4.20. The van der Waals surface area contributed by atoms with Gasteiger partial charge < -0.3 is 11.5 Å². The van der Waals surface area contributed by atoms with Crippen LogP contribution in [0.25, 0.3) is 0 Å². The summed E-state index contributed by atoms with van der Waals surface area (Å²) >= 11 is 0. The SMILES string of the molecule is C[C@H]1CC[C@H](N)C[C@H]1N. The van der Waals surface area contributed by atoms with Gasteiger partial charge in [0, 0.05) is 12.1 Å². The molecular formula is C7H16N2. The molecule has 4 N–H and O–H groups in total. The molecule has 9 heavy (non-hydrogen) atoms. The highest BCUT2D eigenvalue weighted by Crippen LogP contribution is 2.20. The van der Waals surface area contributed by atoms with E-state index in [0.717, 1.165) is 12.8 Å². The second kappa shape index (κ2) is 2.67. The van der Waals surface area contributed by atoms with Crippen molar-refractivity contribution in [3.05, 3.63) is 0 Å². The van der Waals surface area contributed by atoms with Crippen LogP contribution < -0.4 is 11.5 Å². The molecule has 0 heterocycles. The van der Waals surface area contributed by atoms with Gasteiger partial charge in [-0.15, -0.1) is 0 Å². The maximum atomic E-state index is 5.79. The van der Waals surface area contributed by atoms with Crippen LogP contribution in [0.15, 0.2) is 0 Å². The average molecular weight is 128 g/mol. The first-order valence-corrected chi connectivity index (χ1v) is 3.71. The van der Waals surface area contributed by atoms with Crippen molar-refractivity contribution >= 4 is 0 Å². The smallest absolute Gasteiger partial charge is 0.00792 e. The third kappa shape index (κ3) is 1.66. The second-order valence-electron chi connectivity index (χ2n) is 3.21. The molecule has 0 spiro atoms. The zero-order valence-electron chi connectivity index (χ0n) is 6.01. The molecule has 2 nitrogen and oxygen atoms in total. The number of hydrogen-bond acceptors (Lipinski definition) is 2. The van der Waals surface area contributed by atoms with Crippen molar-refractivity contribution in [1.29, 1.82) is 0 Å². The number of nitrogens with two attached hydrogens (primary N) is 2. The van der Waals surface area contributed by atoms with Gasteiger partial charge in [-0.1, -0.05) is 6.92 Å². The molecule has 54 valence electrons. The highest BCUT2D eigenvalue weighted by molar-refractivity contribution is 4.81. The van der Waals surface area contributed by atoms with Crippen molar-refractivity contribution in [2.45, 2.75) is 38.3 Å². The third-order valence-corrected chi connectivity index (χ3v) is 2.30. The fraction of sp³-hybridized carbons (Fsp3) is 1.00. The predicted molar refractivity (Wildman–Crippen MR) is 39.0 cm³/mol. The van der Waals surface area contributed by atoms with E-state index in [1.165, 1.54) is 6.42 Å². The fourth-order valence-corrected chi connectivity index (χ4v) is 1.39. The maximum absolute atomic E-state index is 5.79. The lowest BCUT2D eigenvalue weighted by Crippen LogP contribution is -2.40. The van der Waals surface area contributed by atoms with Crippen LogP contribution >= 0.6 is 0 Å². The van der Waals surface area contributed by atoms with Crippen LogP contribution in [0.5, 0.6) is 0 Å². The van der Waals surface area contributed by atoms with Gasteiger partial charge in [0.2, 0.25) is 0 Å². The van der Waals surface area contributed by atoms with E-state index < -0.39 is 0 Å². The molecule has 0 aliphatic heterocycles. The van der Waals surface area contributed by atoms with Crippen molar-refractivity contribution in [1.82, 2.24) is 0 Å². The van der Waals surface area contributed by atoms with Crippen LogP contribution in [0.1, 0.15) is 26.2 Å². The Morgan fingerprint density at radius 3 is 2.33 bits per heavy atom. The van der Waals surface area contributed by atoms with E-state index in [4.69, 9.17) is 11.5 Å². The van der Waals surface area contributed by atoms with Crippen LogP contribution in [0.2, 0.25) is 0 Å². The molecule has 1 rings (SSSR count). The molecule has 1 saturated carbocycles. The Kier molecular flexibility index (Phi) is 2.09. The summed E-state index contributed by atoms with van der Waals surface area (Å²) in [5.41, 5.74) is 11.5. The summed E-state index contributed by atoms with van der Waals surface area (Å²) in [7, 11) is 0. The lowest BCUT2D eigenvalue weighted by molar-refractivity contribution is 0.301. The monoisotopic (exact) mass is 128 g/mol. The molecule has 1 fully saturated rings. The maximum Gasteiger partial charge on any atom is 0.00792 e. The molecular weight excluding hydrogens is 112 g/mol. The van der Waals surface area contributed by atoms with Gasteiger partial charge in [-0.25, -0.2) is 0 Å². The van der Waals surface area contributed by atoms with E-state index in [1.807, 2.05) is 0 Å². The van der Waals surface area contributed by atoms with Crippen molar-refractivity contribution in [2.24, 2.45) is 17.4 Å². The predicted octanol–water partition coefficient (Wildman–Crippen LogP) is 0.461. The van der Waals surface area contributed by atoms with Crippen molar-refractivity contribution < 1.29 is 0 Å². The minimum atomic E-state index is 0.355. The largest absolute Gasteiger partial charge is 0.328 e. The molecule has 0 radical (unpaired) electrons. The van der Waals surface area contributed by atoms with Crippen LogP contribution in [0.4, 0.5) is 0 Å². The first-order valence-electron chi connectivity index (χ1n) is 3.71. The number of hydrogen-bond donors (Lipinski definition) is 2. The van der Waals surface area contributed by atoms with Crippen molar-refractivity contribution in [2.75, 3.05) is 0 Å². The number of rotatable bonds is 0. The molecule has 0 amide bonds. The fourth-order valence-electron chi connectivity index (χ4n) is 1.39. The molecule has 1 aliphatic rings. The lowest BCUT2D eigenvalue weighted by atomic mass is 9.84. The zero-order chi connectivity index (χ0) is 6.85.